The van der Waals surface area contributed by atoms with E-state index < -0.39 is 12.2 Å². The normalized spacial score (nSPS) is 11.4. The maximum absolute atomic E-state index is 11.9. The summed E-state index contributed by atoms with van der Waals surface area (Å²) >= 11 is 5.44. The summed E-state index contributed by atoms with van der Waals surface area (Å²) in [6.45, 7) is 1.40. The summed E-state index contributed by atoms with van der Waals surface area (Å²) in [6.07, 6.45) is -2.65. The van der Waals surface area contributed by atoms with Crippen LogP contribution in [0.1, 0.15) is 0 Å². The Kier molecular flexibility index (Phi) is 6.10. The lowest BCUT2D eigenvalue weighted by Crippen LogP contribution is -2.24. The summed E-state index contributed by atoms with van der Waals surface area (Å²) in [5.74, 6) is 0.236. The van der Waals surface area contributed by atoms with E-state index in [1.54, 1.807) is 11.9 Å². The maximum Gasteiger partial charge on any atom is 0.574 e. The van der Waals surface area contributed by atoms with Crippen molar-refractivity contribution >= 4 is 17.4 Å². The van der Waals surface area contributed by atoms with Gasteiger partial charge in [0, 0.05) is 19.5 Å². The molecule has 0 aliphatic rings. The molecule has 0 radical (unpaired) electrons. The number of halogens is 4. The summed E-state index contributed by atoms with van der Waals surface area (Å²) in [5, 5.41) is 0. The Morgan fingerprint density at radius 2 is 2.00 bits per heavy atom. The van der Waals surface area contributed by atoms with Gasteiger partial charge in [-0.3, -0.25) is 0 Å². The summed E-state index contributed by atoms with van der Waals surface area (Å²) in [7, 11) is 1.72. The van der Waals surface area contributed by atoms with Gasteiger partial charge < -0.3 is 14.4 Å². The number of ether oxygens (including phenoxy) is 2. The van der Waals surface area contributed by atoms with Gasteiger partial charge in [-0.2, -0.15) is 0 Å². The topological polar surface area (TPSA) is 47.5 Å². The molecule has 0 N–H and O–H groups in total. The van der Waals surface area contributed by atoms with E-state index in [1.165, 1.54) is 6.20 Å². The smallest absolute Gasteiger partial charge is 0.386 e. The van der Waals surface area contributed by atoms with E-state index in [9.17, 15) is 13.2 Å². The number of hydrogen-bond donors (Lipinski definition) is 0. The van der Waals surface area contributed by atoms with Crippen LogP contribution in [0.2, 0.25) is 0 Å². The van der Waals surface area contributed by atoms with E-state index >= 15 is 0 Å². The zero-order valence-electron chi connectivity index (χ0n) is 10.2. The van der Waals surface area contributed by atoms with E-state index in [1.807, 2.05) is 0 Å². The fourth-order valence-electron chi connectivity index (χ4n) is 1.15. The molecule has 9 heteroatoms. The number of anilines is 1. The van der Waals surface area contributed by atoms with E-state index in [0.717, 1.165) is 6.20 Å². The second-order valence-electron chi connectivity index (χ2n) is 3.48. The van der Waals surface area contributed by atoms with Gasteiger partial charge in [0.25, 0.3) is 0 Å². The predicted octanol–water partition coefficient (Wildman–Crippen LogP) is 2.07. The highest BCUT2D eigenvalue weighted by Gasteiger charge is 2.31. The number of alkyl halides is 4. The molecule has 0 aromatic carbocycles. The number of aromatic nitrogens is 2. The molecule has 1 heterocycles. The summed E-state index contributed by atoms with van der Waals surface area (Å²) in [4.78, 5) is 9.03. The molecule has 108 valence electrons. The van der Waals surface area contributed by atoms with Crippen molar-refractivity contribution in [2.45, 2.75) is 6.36 Å². The second kappa shape index (κ2) is 7.34. The fraction of sp³-hybridized carbons (Fsp3) is 0.600. The number of hydrogen-bond acceptors (Lipinski definition) is 5. The van der Waals surface area contributed by atoms with Crippen LogP contribution in [0.25, 0.3) is 0 Å². The SMILES string of the molecule is CN(CCOCCCl)c1cnc(OC(F)(F)F)cn1. The Hall–Kier alpha value is -1.28. The predicted molar refractivity (Wildman–Crippen MR) is 63.5 cm³/mol. The maximum atomic E-state index is 11.9. The van der Waals surface area contributed by atoms with Crippen molar-refractivity contribution in [2.75, 3.05) is 37.6 Å². The average Bonchev–Trinajstić information content (AvgIpc) is 2.33. The van der Waals surface area contributed by atoms with Gasteiger partial charge >= 0.3 is 6.36 Å². The van der Waals surface area contributed by atoms with Crippen LogP contribution in [0.4, 0.5) is 19.0 Å². The quantitative estimate of drug-likeness (QED) is 0.570. The van der Waals surface area contributed by atoms with Crippen molar-refractivity contribution in [3.8, 4) is 5.88 Å². The van der Waals surface area contributed by atoms with Crippen LogP contribution in [0.3, 0.4) is 0 Å². The number of likely N-dealkylation sites (N-methyl/N-ethyl adjacent to an activating group) is 1. The van der Waals surface area contributed by atoms with E-state index in [0.29, 0.717) is 31.5 Å². The van der Waals surface area contributed by atoms with E-state index in [-0.39, 0.29) is 0 Å². The van der Waals surface area contributed by atoms with Gasteiger partial charge in [0.1, 0.15) is 5.82 Å². The van der Waals surface area contributed by atoms with Crippen LogP contribution in [0, 0.1) is 0 Å². The molecular formula is C10H13ClF3N3O2. The lowest BCUT2D eigenvalue weighted by atomic mass is 10.5. The third-order valence-corrected chi connectivity index (χ3v) is 2.17. The molecule has 1 aromatic heterocycles. The molecule has 0 spiro atoms. The molecule has 1 rings (SSSR count). The van der Waals surface area contributed by atoms with Crippen molar-refractivity contribution in [3.63, 3.8) is 0 Å². The Labute approximate surface area is 113 Å². The zero-order valence-corrected chi connectivity index (χ0v) is 10.9. The first kappa shape index (κ1) is 15.8. The van der Waals surface area contributed by atoms with Gasteiger partial charge in [-0.1, -0.05) is 0 Å². The molecule has 0 aliphatic carbocycles. The van der Waals surface area contributed by atoms with Gasteiger partial charge in [-0.05, 0) is 0 Å². The Morgan fingerprint density at radius 3 is 2.53 bits per heavy atom. The zero-order chi connectivity index (χ0) is 14.3. The standard InChI is InChI=1S/C10H13ClF3N3O2/c1-17(3-5-18-4-2-11)8-6-16-9(7-15-8)19-10(12,13)14/h6-7H,2-5H2,1H3. The van der Waals surface area contributed by atoms with Crippen molar-refractivity contribution in [1.82, 2.24) is 9.97 Å². The van der Waals surface area contributed by atoms with Crippen molar-refractivity contribution < 1.29 is 22.6 Å². The minimum absolute atomic E-state index is 0.410. The largest absolute Gasteiger partial charge is 0.574 e. The molecule has 0 bridgehead atoms. The fourth-order valence-corrected chi connectivity index (χ4v) is 1.26. The molecule has 0 amide bonds. The van der Waals surface area contributed by atoms with E-state index in [4.69, 9.17) is 16.3 Å². The minimum atomic E-state index is -4.77. The van der Waals surface area contributed by atoms with Gasteiger partial charge in [0.15, 0.2) is 0 Å². The Bertz CT molecular complexity index is 375. The molecule has 0 aliphatic heterocycles. The third-order valence-electron chi connectivity index (χ3n) is 2.02. The van der Waals surface area contributed by atoms with Crippen LogP contribution < -0.4 is 9.64 Å². The number of nitrogens with zero attached hydrogens (tertiary/aromatic N) is 3. The monoisotopic (exact) mass is 299 g/mol. The lowest BCUT2D eigenvalue weighted by molar-refractivity contribution is -0.276. The van der Waals surface area contributed by atoms with Gasteiger partial charge in [-0.15, -0.1) is 24.8 Å². The Morgan fingerprint density at radius 1 is 1.26 bits per heavy atom. The molecular weight excluding hydrogens is 287 g/mol. The highest BCUT2D eigenvalue weighted by Crippen LogP contribution is 2.20. The summed E-state index contributed by atoms with van der Waals surface area (Å²) < 4.78 is 44.5. The summed E-state index contributed by atoms with van der Waals surface area (Å²) in [5.41, 5.74) is 0. The summed E-state index contributed by atoms with van der Waals surface area (Å²) in [6, 6.07) is 0. The van der Waals surface area contributed by atoms with Gasteiger partial charge in [0.2, 0.25) is 5.88 Å². The van der Waals surface area contributed by atoms with Crippen LogP contribution in [-0.4, -0.2) is 49.0 Å². The lowest BCUT2D eigenvalue weighted by Gasteiger charge is -2.17. The van der Waals surface area contributed by atoms with Crippen LogP contribution in [0.5, 0.6) is 5.88 Å². The highest BCUT2D eigenvalue weighted by molar-refractivity contribution is 6.17. The first-order valence-corrected chi connectivity index (χ1v) is 5.88. The molecule has 0 unspecified atom stereocenters. The highest BCUT2D eigenvalue weighted by atomic mass is 35.5. The second-order valence-corrected chi connectivity index (χ2v) is 3.86. The van der Waals surface area contributed by atoms with Crippen molar-refractivity contribution in [1.29, 1.82) is 0 Å². The van der Waals surface area contributed by atoms with Crippen molar-refractivity contribution in [2.24, 2.45) is 0 Å². The molecule has 19 heavy (non-hydrogen) atoms. The molecule has 0 atom stereocenters. The third kappa shape index (κ3) is 6.44. The molecule has 0 saturated heterocycles. The average molecular weight is 300 g/mol. The van der Waals surface area contributed by atoms with Crippen LogP contribution in [0.15, 0.2) is 12.4 Å². The molecule has 0 saturated carbocycles. The minimum Gasteiger partial charge on any atom is -0.386 e. The van der Waals surface area contributed by atoms with Crippen molar-refractivity contribution in [3.05, 3.63) is 12.4 Å². The first-order valence-electron chi connectivity index (χ1n) is 5.35. The first-order chi connectivity index (χ1) is 8.92. The number of rotatable bonds is 7. The van der Waals surface area contributed by atoms with Crippen LogP contribution in [-0.2, 0) is 4.74 Å². The van der Waals surface area contributed by atoms with Gasteiger partial charge in [0.05, 0.1) is 25.6 Å². The van der Waals surface area contributed by atoms with Crippen LogP contribution >= 0.6 is 11.6 Å². The van der Waals surface area contributed by atoms with E-state index in [2.05, 4.69) is 14.7 Å². The van der Waals surface area contributed by atoms with Gasteiger partial charge in [-0.25, -0.2) is 9.97 Å². The molecule has 1 aromatic rings. The molecule has 5 nitrogen and oxygen atoms in total. The molecule has 0 fully saturated rings. The Balaban J connectivity index is 2.46.